The van der Waals surface area contributed by atoms with Crippen molar-refractivity contribution in [3.8, 4) is 11.5 Å². The highest BCUT2D eigenvalue weighted by Crippen LogP contribution is 2.16. The number of benzene rings is 2. The summed E-state index contributed by atoms with van der Waals surface area (Å²) in [5.74, 6) is -0.378. The van der Waals surface area contributed by atoms with Gasteiger partial charge in [-0.1, -0.05) is 13.8 Å². The summed E-state index contributed by atoms with van der Waals surface area (Å²) in [6.07, 6.45) is 1.40. The zero-order valence-electron chi connectivity index (χ0n) is 18.4. The fraction of sp³-hybridized carbons (Fsp3) is 0.304. The lowest BCUT2D eigenvalue weighted by molar-refractivity contribution is -0.139. The summed E-state index contributed by atoms with van der Waals surface area (Å²) in [6, 6.07) is 13.8. The number of nitrogens with one attached hydrogen (secondary N) is 3. The second-order valence-electron chi connectivity index (χ2n) is 7.17. The van der Waals surface area contributed by atoms with Crippen LogP contribution in [0.3, 0.4) is 0 Å². The van der Waals surface area contributed by atoms with Gasteiger partial charge in [0.05, 0.1) is 12.8 Å². The first kappa shape index (κ1) is 24.4. The van der Waals surface area contributed by atoms with Crippen molar-refractivity contribution in [1.29, 1.82) is 0 Å². The second-order valence-corrected chi connectivity index (χ2v) is 7.17. The highest BCUT2D eigenvalue weighted by molar-refractivity contribution is 6.35. The van der Waals surface area contributed by atoms with Crippen LogP contribution in [0.2, 0.25) is 0 Å². The fourth-order valence-corrected chi connectivity index (χ4v) is 2.39. The molecular weight excluding hydrogens is 412 g/mol. The summed E-state index contributed by atoms with van der Waals surface area (Å²) in [7, 11) is 0. The van der Waals surface area contributed by atoms with Crippen LogP contribution in [-0.4, -0.2) is 43.7 Å². The molecule has 0 bridgehead atoms. The van der Waals surface area contributed by atoms with Gasteiger partial charge in [0.2, 0.25) is 0 Å². The summed E-state index contributed by atoms with van der Waals surface area (Å²) < 4.78 is 10.8. The Morgan fingerprint density at radius 1 is 0.938 bits per heavy atom. The largest absolute Gasteiger partial charge is 0.494 e. The van der Waals surface area contributed by atoms with E-state index in [1.165, 1.54) is 6.21 Å². The van der Waals surface area contributed by atoms with E-state index in [1.54, 1.807) is 48.5 Å². The summed E-state index contributed by atoms with van der Waals surface area (Å²) in [5.41, 5.74) is 3.50. The molecule has 0 aliphatic rings. The molecule has 0 saturated carbocycles. The van der Waals surface area contributed by atoms with Crippen LogP contribution in [0, 0.1) is 5.92 Å². The number of amides is 3. The lowest BCUT2D eigenvalue weighted by atomic mass is 10.2. The molecule has 2 rings (SSSR count). The number of hydrogen-bond acceptors (Lipinski definition) is 6. The summed E-state index contributed by atoms with van der Waals surface area (Å²) >= 11 is 0. The summed E-state index contributed by atoms with van der Waals surface area (Å²) in [5, 5.41) is 9.01. The van der Waals surface area contributed by atoms with Gasteiger partial charge in [-0.15, -0.1) is 0 Å². The minimum Gasteiger partial charge on any atom is -0.494 e. The van der Waals surface area contributed by atoms with Gasteiger partial charge in [-0.05, 0) is 66.9 Å². The molecule has 3 N–H and O–H groups in total. The number of nitrogens with zero attached hydrogens (tertiary/aromatic N) is 1. The van der Waals surface area contributed by atoms with Crippen molar-refractivity contribution in [1.82, 2.24) is 10.7 Å². The minimum absolute atomic E-state index is 0.151. The maximum atomic E-state index is 12.0. The first-order valence-corrected chi connectivity index (χ1v) is 10.2. The molecule has 0 radical (unpaired) electrons. The highest BCUT2D eigenvalue weighted by Gasteiger charge is 2.12. The van der Waals surface area contributed by atoms with Gasteiger partial charge in [0, 0.05) is 12.2 Å². The van der Waals surface area contributed by atoms with Crippen molar-refractivity contribution >= 4 is 29.6 Å². The monoisotopic (exact) mass is 440 g/mol. The maximum absolute atomic E-state index is 12.0. The Bertz CT molecular complexity index is 924. The molecule has 0 spiro atoms. The smallest absolute Gasteiger partial charge is 0.329 e. The van der Waals surface area contributed by atoms with E-state index in [2.05, 4.69) is 21.2 Å². The first-order chi connectivity index (χ1) is 15.4. The van der Waals surface area contributed by atoms with Gasteiger partial charge in [-0.3, -0.25) is 14.4 Å². The van der Waals surface area contributed by atoms with E-state index in [1.807, 2.05) is 20.8 Å². The zero-order chi connectivity index (χ0) is 23.3. The van der Waals surface area contributed by atoms with Crippen LogP contribution in [0.15, 0.2) is 53.6 Å². The third-order valence-corrected chi connectivity index (χ3v) is 3.96. The number of ether oxygens (including phenoxy) is 2. The molecule has 0 unspecified atom stereocenters. The maximum Gasteiger partial charge on any atom is 0.329 e. The molecular formula is C23H28N4O5. The average molecular weight is 441 g/mol. The van der Waals surface area contributed by atoms with Crippen molar-refractivity contribution in [2.75, 3.05) is 25.1 Å². The molecule has 9 heteroatoms. The van der Waals surface area contributed by atoms with Crippen molar-refractivity contribution in [2.24, 2.45) is 11.0 Å². The van der Waals surface area contributed by atoms with Crippen molar-refractivity contribution in [3.05, 3.63) is 54.1 Å². The van der Waals surface area contributed by atoms with E-state index in [9.17, 15) is 14.4 Å². The van der Waals surface area contributed by atoms with Crippen molar-refractivity contribution in [2.45, 2.75) is 20.8 Å². The lowest BCUT2D eigenvalue weighted by Gasteiger charge is -2.09. The Balaban J connectivity index is 1.75. The highest BCUT2D eigenvalue weighted by atomic mass is 16.5. The van der Waals surface area contributed by atoms with E-state index < -0.39 is 11.8 Å². The van der Waals surface area contributed by atoms with E-state index in [0.717, 1.165) is 5.75 Å². The molecule has 0 heterocycles. The summed E-state index contributed by atoms with van der Waals surface area (Å²) in [4.78, 5) is 35.2. The molecule has 0 aliphatic heterocycles. The van der Waals surface area contributed by atoms with Gasteiger partial charge < -0.3 is 20.1 Å². The lowest BCUT2D eigenvalue weighted by Crippen LogP contribution is -2.39. The van der Waals surface area contributed by atoms with Crippen LogP contribution in [0.25, 0.3) is 0 Å². The third kappa shape index (κ3) is 8.86. The third-order valence-electron chi connectivity index (χ3n) is 3.96. The van der Waals surface area contributed by atoms with Gasteiger partial charge in [0.25, 0.3) is 5.91 Å². The molecule has 0 atom stereocenters. The Hall–Kier alpha value is -3.88. The van der Waals surface area contributed by atoms with Gasteiger partial charge in [-0.25, -0.2) is 5.43 Å². The second kappa shape index (κ2) is 12.7. The molecule has 0 aliphatic carbocycles. The Morgan fingerprint density at radius 3 is 2.19 bits per heavy atom. The standard InChI is InChI=1S/C23H28N4O5/c1-4-31-19-11-7-18(8-12-19)26-21(28)15-32-20-9-5-17(6-10-20)14-25-27-23(30)22(29)24-13-16(2)3/h5-12,14,16H,4,13,15H2,1-3H3,(H,24,29)(H,26,28)(H,27,30)/b25-14-. The van der Waals surface area contributed by atoms with Crippen LogP contribution >= 0.6 is 0 Å². The van der Waals surface area contributed by atoms with Crippen molar-refractivity contribution < 1.29 is 23.9 Å². The molecule has 2 aromatic rings. The number of carbonyl (C=O) groups excluding carboxylic acids is 3. The number of hydrazone groups is 1. The predicted molar refractivity (Wildman–Crippen MR) is 122 cm³/mol. The van der Waals surface area contributed by atoms with Gasteiger partial charge in [-0.2, -0.15) is 5.10 Å². The molecule has 2 aromatic carbocycles. The van der Waals surface area contributed by atoms with Crippen LogP contribution in [-0.2, 0) is 14.4 Å². The first-order valence-electron chi connectivity index (χ1n) is 10.2. The molecule has 0 saturated heterocycles. The number of carbonyl (C=O) groups is 3. The molecule has 3 amide bonds. The van der Waals surface area contributed by atoms with E-state index in [0.29, 0.717) is 30.2 Å². The van der Waals surface area contributed by atoms with Gasteiger partial charge >= 0.3 is 11.8 Å². The normalized spacial score (nSPS) is 10.6. The average Bonchev–Trinajstić information content (AvgIpc) is 2.78. The van der Waals surface area contributed by atoms with Crippen molar-refractivity contribution in [3.63, 3.8) is 0 Å². The topological polar surface area (TPSA) is 118 Å². The number of rotatable bonds is 10. The molecule has 32 heavy (non-hydrogen) atoms. The molecule has 170 valence electrons. The zero-order valence-corrected chi connectivity index (χ0v) is 18.4. The van der Waals surface area contributed by atoms with E-state index in [-0.39, 0.29) is 18.4 Å². The van der Waals surface area contributed by atoms with E-state index in [4.69, 9.17) is 9.47 Å². The van der Waals surface area contributed by atoms with Crippen LogP contribution in [0.1, 0.15) is 26.3 Å². The summed E-state index contributed by atoms with van der Waals surface area (Å²) in [6.45, 7) is 6.60. The van der Waals surface area contributed by atoms with Crippen LogP contribution in [0.4, 0.5) is 5.69 Å². The molecule has 0 fully saturated rings. The van der Waals surface area contributed by atoms with Gasteiger partial charge in [0.15, 0.2) is 6.61 Å². The molecule has 0 aromatic heterocycles. The SMILES string of the molecule is CCOc1ccc(NC(=O)COc2ccc(/C=N\NC(=O)C(=O)NCC(C)C)cc2)cc1. The number of hydrogen-bond donors (Lipinski definition) is 3. The fourth-order valence-electron chi connectivity index (χ4n) is 2.39. The Labute approximate surface area is 187 Å². The Morgan fingerprint density at radius 2 is 1.56 bits per heavy atom. The minimum atomic E-state index is -0.833. The van der Waals surface area contributed by atoms with Gasteiger partial charge in [0.1, 0.15) is 11.5 Å². The molecule has 9 nitrogen and oxygen atoms in total. The predicted octanol–water partition coefficient (Wildman–Crippen LogP) is 2.33. The van der Waals surface area contributed by atoms with E-state index >= 15 is 0 Å². The van der Waals surface area contributed by atoms with Crippen LogP contribution < -0.4 is 25.5 Å². The van der Waals surface area contributed by atoms with Crippen LogP contribution in [0.5, 0.6) is 11.5 Å². The Kier molecular flexibility index (Phi) is 9.70. The quantitative estimate of drug-likeness (QED) is 0.298. The number of anilines is 1.